The zero-order valence-electron chi connectivity index (χ0n) is 24.5. The monoisotopic (exact) mass is 573 g/mol. The second kappa shape index (κ2) is 14.6. The Labute approximate surface area is 247 Å². The summed E-state index contributed by atoms with van der Waals surface area (Å²) in [5, 5.41) is 9.33. The maximum Gasteiger partial charge on any atom is 0.306 e. The van der Waals surface area contributed by atoms with Gasteiger partial charge in [0.1, 0.15) is 18.5 Å². The summed E-state index contributed by atoms with van der Waals surface area (Å²) in [5.41, 5.74) is 4.06. The second-order valence-electron chi connectivity index (χ2n) is 11.5. The highest BCUT2D eigenvalue weighted by molar-refractivity contribution is 5.97. The van der Waals surface area contributed by atoms with Gasteiger partial charge in [0, 0.05) is 36.2 Å². The van der Waals surface area contributed by atoms with Gasteiger partial charge in [-0.3, -0.25) is 14.4 Å². The number of amides is 2. The molecule has 8 heteroatoms. The Morgan fingerprint density at radius 3 is 2.52 bits per heavy atom. The molecule has 0 saturated carbocycles. The van der Waals surface area contributed by atoms with E-state index in [1.54, 1.807) is 18.2 Å². The third kappa shape index (κ3) is 8.90. The van der Waals surface area contributed by atoms with Crippen molar-refractivity contribution in [2.45, 2.75) is 71.1 Å². The van der Waals surface area contributed by atoms with Crippen LogP contribution in [0.5, 0.6) is 0 Å². The van der Waals surface area contributed by atoms with Crippen LogP contribution in [0.3, 0.4) is 0 Å². The van der Waals surface area contributed by atoms with E-state index in [1.165, 1.54) is 12.1 Å². The molecule has 1 aliphatic heterocycles. The summed E-state index contributed by atoms with van der Waals surface area (Å²) in [4.78, 5) is 39.3. The van der Waals surface area contributed by atoms with Crippen molar-refractivity contribution in [1.29, 1.82) is 0 Å². The number of hydrogen-bond acceptors (Lipinski definition) is 5. The number of aryl methyl sites for hydroxylation is 1. The Morgan fingerprint density at radius 2 is 1.79 bits per heavy atom. The predicted octanol–water partition coefficient (Wildman–Crippen LogP) is 5.89. The molecule has 2 unspecified atom stereocenters. The lowest BCUT2D eigenvalue weighted by atomic mass is 9.91. The molecule has 3 aromatic rings. The molecule has 222 valence electrons. The largest absolute Gasteiger partial charge is 0.461 e. The molecule has 3 atom stereocenters. The summed E-state index contributed by atoms with van der Waals surface area (Å²) < 4.78 is 19.5. The van der Waals surface area contributed by atoms with Crippen LogP contribution in [0.4, 0.5) is 10.1 Å². The highest BCUT2D eigenvalue weighted by Gasteiger charge is 2.30. The third-order valence-electron chi connectivity index (χ3n) is 7.46. The van der Waals surface area contributed by atoms with Crippen molar-refractivity contribution < 1.29 is 23.5 Å². The van der Waals surface area contributed by atoms with Crippen LogP contribution in [0.1, 0.15) is 72.5 Å². The van der Waals surface area contributed by atoms with Gasteiger partial charge in [0.25, 0.3) is 5.91 Å². The molecule has 0 radical (unpaired) electrons. The summed E-state index contributed by atoms with van der Waals surface area (Å²) in [7, 11) is 0. The standard InChI is InChI=1S/C34H40FN3O4/c1-22(2)16-31(38-33(40)25-11-7-8-23(3)17-25)34(41)37-28(13-15-32(39)42-21-24-9-5-4-6-10-24)18-26-20-36-30-14-12-27(35)19-29(26)30/h4-12,14,17,19,22,26,28,31,36H,13,15-16,18,20-21H2,1-3H3,(H,37,41)(H,38,40)/t26?,28-,31?/m0/s1. The van der Waals surface area contributed by atoms with Gasteiger partial charge in [0.05, 0.1) is 0 Å². The van der Waals surface area contributed by atoms with Crippen LogP contribution in [-0.2, 0) is 20.9 Å². The highest BCUT2D eigenvalue weighted by atomic mass is 19.1. The number of fused-ring (bicyclic) bond motifs is 1. The molecule has 1 aliphatic rings. The van der Waals surface area contributed by atoms with Gasteiger partial charge in [-0.25, -0.2) is 4.39 Å². The minimum atomic E-state index is -0.753. The fraction of sp³-hybridized carbons (Fsp3) is 0.382. The summed E-state index contributed by atoms with van der Waals surface area (Å²) in [5.74, 6) is -1.20. The quantitative estimate of drug-likeness (QED) is 0.222. The number of halogens is 1. The van der Waals surface area contributed by atoms with Crippen molar-refractivity contribution in [1.82, 2.24) is 10.6 Å². The third-order valence-corrected chi connectivity index (χ3v) is 7.46. The molecule has 2 amide bonds. The number of esters is 1. The first-order valence-electron chi connectivity index (χ1n) is 14.6. The maximum absolute atomic E-state index is 14.1. The van der Waals surface area contributed by atoms with Crippen LogP contribution in [0.2, 0.25) is 0 Å². The lowest BCUT2D eigenvalue weighted by Gasteiger charge is -2.26. The Bertz CT molecular complexity index is 1380. The van der Waals surface area contributed by atoms with E-state index < -0.39 is 12.1 Å². The molecule has 4 rings (SSSR count). The number of rotatable bonds is 13. The number of benzene rings is 3. The van der Waals surface area contributed by atoms with E-state index in [1.807, 2.05) is 63.2 Å². The molecule has 1 heterocycles. The van der Waals surface area contributed by atoms with Gasteiger partial charge >= 0.3 is 5.97 Å². The molecule has 7 nitrogen and oxygen atoms in total. The van der Waals surface area contributed by atoms with Gasteiger partial charge in [0.2, 0.25) is 5.91 Å². The van der Waals surface area contributed by atoms with Crippen molar-refractivity contribution in [3.63, 3.8) is 0 Å². The summed E-state index contributed by atoms with van der Waals surface area (Å²) in [6.45, 7) is 6.68. The lowest BCUT2D eigenvalue weighted by Crippen LogP contribution is -2.50. The van der Waals surface area contributed by atoms with E-state index >= 15 is 0 Å². The number of carbonyl (C=O) groups is 3. The van der Waals surface area contributed by atoms with Crippen LogP contribution < -0.4 is 16.0 Å². The topological polar surface area (TPSA) is 96.5 Å². The molecular weight excluding hydrogens is 533 g/mol. The van der Waals surface area contributed by atoms with Gasteiger partial charge in [-0.15, -0.1) is 0 Å². The van der Waals surface area contributed by atoms with Gasteiger partial charge in [-0.05, 0) is 73.6 Å². The van der Waals surface area contributed by atoms with Crippen LogP contribution in [0.25, 0.3) is 0 Å². The Balaban J connectivity index is 1.45. The van der Waals surface area contributed by atoms with Gasteiger partial charge < -0.3 is 20.7 Å². The first-order chi connectivity index (χ1) is 20.2. The van der Waals surface area contributed by atoms with Crippen LogP contribution in [0.15, 0.2) is 72.8 Å². The van der Waals surface area contributed by atoms with E-state index in [0.717, 1.165) is 22.4 Å². The van der Waals surface area contributed by atoms with E-state index in [4.69, 9.17) is 4.74 Å². The highest BCUT2D eigenvalue weighted by Crippen LogP contribution is 2.35. The molecule has 0 fully saturated rings. The van der Waals surface area contributed by atoms with Crippen LogP contribution >= 0.6 is 0 Å². The molecule has 0 saturated heterocycles. The number of hydrogen-bond donors (Lipinski definition) is 3. The molecule has 3 N–H and O–H groups in total. The normalized spacial score (nSPS) is 15.3. The first kappa shape index (κ1) is 30.8. The number of carbonyl (C=O) groups excluding carboxylic acids is 3. The zero-order chi connectivity index (χ0) is 30.1. The molecule has 3 aromatic carbocycles. The molecule has 0 aromatic heterocycles. The van der Waals surface area contributed by atoms with Crippen molar-refractivity contribution in [3.05, 3.63) is 101 Å². The average Bonchev–Trinajstić information content (AvgIpc) is 3.36. The zero-order valence-corrected chi connectivity index (χ0v) is 24.5. The van der Waals surface area contributed by atoms with Crippen LogP contribution in [-0.4, -0.2) is 36.4 Å². The summed E-state index contributed by atoms with van der Waals surface area (Å²) >= 11 is 0. The van der Waals surface area contributed by atoms with Gasteiger partial charge in [-0.1, -0.05) is 61.9 Å². The lowest BCUT2D eigenvalue weighted by molar-refractivity contribution is -0.145. The van der Waals surface area contributed by atoms with Crippen molar-refractivity contribution in [2.24, 2.45) is 5.92 Å². The first-order valence-corrected chi connectivity index (χ1v) is 14.6. The molecule has 42 heavy (non-hydrogen) atoms. The fourth-order valence-corrected chi connectivity index (χ4v) is 5.31. The van der Waals surface area contributed by atoms with E-state index in [-0.39, 0.29) is 48.5 Å². The Morgan fingerprint density at radius 1 is 1.00 bits per heavy atom. The van der Waals surface area contributed by atoms with E-state index in [9.17, 15) is 18.8 Å². The molecular formula is C34H40FN3O4. The van der Waals surface area contributed by atoms with Gasteiger partial charge in [0.15, 0.2) is 0 Å². The summed E-state index contributed by atoms with van der Waals surface area (Å²) in [6, 6.07) is 20.2. The Kier molecular flexibility index (Phi) is 10.7. The van der Waals surface area contributed by atoms with Crippen LogP contribution in [0, 0.1) is 18.7 Å². The number of ether oxygens (including phenoxy) is 1. The molecule has 0 bridgehead atoms. The van der Waals surface area contributed by atoms with Gasteiger partial charge in [-0.2, -0.15) is 0 Å². The fourth-order valence-electron chi connectivity index (χ4n) is 5.31. The second-order valence-corrected chi connectivity index (χ2v) is 11.5. The van der Waals surface area contributed by atoms with Crippen molar-refractivity contribution in [3.8, 4) is 0 Å². The van der Waals surface area contributed by atoms with E-state index in [0.29, 0.717) is 31.4 Å². The SMILES string of the molecule is Cc1cccc(C(=O)NC(CC(C)C)C(=O)N[C@@H](CCC(=O)OCc2ccccc2)CC2CNc3ccc(F)cc32)c1. The number of nitrogens with one attached hydrogen (secondary N) is 3. The van der Waals surface area contributed by atoms with E-state index in [2.05, 4.69) is 16.0 Å². The smallest absolute Gasteiger partial charge is 0.306 e. The average molecular weight is 574 g/mol. The molecule has 0 spiro atoms. The predicted molar refractivity (Wildman–Crippen MR) is 162 cm³/mol. The molecule has 0 aliphatic carbocycles. The Hall–Kier alpha value is -4.20. The van der Waals surface area contributed by atoms with Crippen molar-refractivity contribution in [2.75, 3.05) is 11.9 Å². The van der Waals surface area contributed by atoms with Crippen molar-refractivity contribution >= 4 is 23.5 Å². The maximum atomic E-state index is 14.1. The minimum Gasteiger partial charge on any atom is -0.461 e. The minimum absolute atomic E-state index is 0.0493. The number of anilines is 1. The summed E-state index contributed by atoms with van der Waals surface area (Å²) in [6.07, 6.45) is 1.41.